The summed E-state index contributed by atoms with van der Waals surface area (Å²) in [5.41, 5.74) is 5.51. The van der Waals surface area contributed by atoms with Crippen LogP contribution in [-0.2, 0) is 0 Å². The molecule has 0 aromatic heterocycles. The maximum Gasteiger partial charge on any atom is -0.0162 e. The van der Waals surface area contributed by atoms with Crippen LogP contribution >= 0.6 is 0 Å². The van der Waals surface area contributed by atoms with E-state index >= 15 is 0 Å². The molecular formula is C22H30. The van der Waals surface area contributed by atoms with Crippen molar-refractivity contribution in [3.63, 3.8) is 0 Å². The van der Waals surface area contributed by atoms with E-state index in [-0.39, 0.29) is 0 Å². The van der Waals surface area contributed by atoms with E-state index in [0.717, 1.165) is 11.8 Å². The highest BCUT2D eigenvalue weighted by molar-refractivity contribution is 5.64. The van der Waals surface area contributed by atoms with Gasteiger partial charge in [0, 0.05) is 0 Å². The zero-order valence-electron chi connectivity index (χ0n) is 14.6. The zero-order chi connectivity index (χ0) is 15.9. The number of hydrogen-bond donors (Lipinski definition) is 0. The van der Waals surface area contributed by atoms with Crippen molar-refractivity contribution >= 4 is 0 Å². The first kappa shape index (κ1) is 16.8. The molecule has 0 N–H and O–H groups in total. The van der Waals surface area contributed by atoms with Gasteiger partial charge in [-0.3, -0.25) is 0 Å². The predicted octanol–water partition coefficient (Wildman–Crippen LogP) is 6.98. The van der Waals surface area contributed by atoms with E-state index in [1.54, 1.807) is 0 Å². The molecule has 0 heterocycles. The minimum absolute atomic E-state index is 0.790. The van der Waals surface area contributed by atoms with Crippen molar-refractivity contribution in [3.05, 3.63) is 59.7 Å². The summed E-state index contributed by atoms with van der Waals surface area (Å²) in [4.78, 5) is 0. The van der Waals surface area contributed by atoms with Crippen LogP contribution in [-0.4, -0.2) is 0 Å². The second-order valence-electron chi connectivity index (χ2n) is 6.44. The fraction of sp³-hybridized carbons (Fsp3) is 0.455. The molecule has 0 atom stereocenters. The lowest BCUT2D eigenvalue weighted by Crippen LogP contribution is -2.10. The van der Waals surface area contributed by atoms with Crippen molar-refractivity contribution in [2.75, 3.05) is 0 Å². The summed E-state index contributed by atoms with van der Waals surface area (Å²) < 4.78 is 0. The molecule has 0 saturated heterocycles. The van der Waals surface area contributed by atoms with Gasteiger partial charge in [0.2, 0.25) is 0 Å². The highest BCUT2D eigenvalue weighted by Crippen LogP contribution is 2.36. The molecule has 2 aromatic carbocycles. The number of hydrogen-bond acceptors (Lipinski definition) is 0. The lowest BCUT2D eigenvalue weighted by molar-refractivity contribution is 0.348. The number of rotatable bonds is 2. The van der Waals surface area contributed by atoms with Crippen molar-refractivity contribution in [1.82, 2.24) is 0 Å². The van der Waals surface area contributed by atoms with E-state index < -0.39 is 0 Å². The molecule has 0 radical (unpaired) electrons. The topological polar surface area (TPSA) is 0 Å². The monoisotopic (exact) mass is 294 g/mol. The predicted molar refractivity (Wildman–Crippen MR) is 98.3 cm³/mol. The molecule has 0 aliphatic heterocycles. The lowest BCUT2D eigenvalue weighted by atomic mass is 9.79. The Bertz CT molecular complexity index is 540. The molecule has 1 aliphatic carbocycles. The minimum atomic E-state index is 0.790. The first-order valence-electron chi connectivity index (χ1n) is 8.89. The van der Waals surface area contributed by atoms with Crippen molar-refractivity contribution in [3.8, 4) is 11.1 Å². The van der Waals surface area contributed by atoms with Gasteiger partial charge in [-0.05, 0) is 48.3 Å². The summed E-state index contributed by atoms with van der Waals surface area (Å²) in [7, 11) is 0. The molecule has 2 aromatic rings. The molecule has 0 bridgehead atoms. The first-order chi connectivity index (χ1) is 10.7. The van der Waals surface area contributed by atoms with Gasteiger partial charge in [0.25, 0.3) is 0 Å². The van der Waals surface area contributed by atoms with Crippen LogP contribution in [0.1, 0.15) is 63.5 Å². The van der Waals surface area contributed by atoms with Crippen LogP contribution in [0.4, 0.5) is 0 Å². The standard InChI is InChI=1S/C20H24.C2H6/c1-15-3-7-17(8-4-15)19-11-13-20(14-12-19)18-9-5-16(2)6-10-18;1-2/h3-4,7-8,11-14,16,18H,5-6,9-10H2,1-2H3;1-2H3. The van der Waals surface area contributed by atoms with Crippen LogP contribution in [0.5, 0.6) is 0 Å². The summed E-state index contributed by atoms with van der Waals surface area (Å²) in [6.07, 6.45) is 5.52. The molecule has 1 saturated carbocycles. The SMILES string of the molecule is CC.Cc1ccc(-c2ccc(C3CCC(C)CC3)cc2)cc1. The third-order valence-corrected chi connectivity index (χ3v) is 4.78. The van der Waals surface area contributed by atoms with Gasteiger partial charge >= 0.3 is 0 Å². The second kappa shape index (κ2) is 8.17. The fourth-order valence-corrected chi connectivity index (χ4v) is 3.29. The molecule has 0 spiro atoms. The Kier molecular flexibility index (Phi) is 6.24. The van der Waals surface area contributed by atoms with Crippen LogP contribution in [0.15, 0.2) is 48.5 Å². The van der Waals surface area contributed by atoms with Crippen molar-refractivity contribution < 1.29 is 0 Å². The van der Waals surface area contributed by atoms with Gasteiger partial charge in [-0.1, -0.05) is 87.7 Å². The summed E-state index contributed by atoms with van der Waals surface area (Å²) in [5.74, 6) is 1.72. The molecule has 1 aliphatic rings. The minimum Gasteiger partial charge on any atom is -0.0683 e. The fourth-order valence-electron chi connectivity index (χ4n) is 3.29. The summed E-state index contributed by atoms with van der Waals surface area (Å²) in [6.45, 7) is 8.52. The lowest BCUT2D eigenvalue weighted by Gasteiger charge is -2.26. The maximum absolute atomic E-state index is 2.39. The Morgan fingerprint density at radius 2 is 1.14 bits per heavy atom. The third-order valence-electron chi connectivity index (χ3n) is 4.78. The third kappa shape index (κ3) is 4.22. The molecule has 3 rings (SSSR count). The average Bonchev–Trinajstić information content (AvgIpc) is 2.58. The van der Waals surface area contributed by atoms with Crippen molar-refractivity contribution in [2.24, 2.45) is 5.92 Å². The number of benzene rings is 2. The van der Waals surface area contributed by atoms with Gasteiger partial charge in [0.15, 0.2) is 0 Å². The van der Waals surface area contributed by atoms with E-state index in [4.69, 9.17) is 0 Å². The summed E-state index contributed by atoms with van der Waals surface area (Å²) in [5, 5.41) is 0. The van der Waals surface area contributed by atoms with Crippen LogP contribution in [0.3, 0.4) is 0 Å². The van der Waals surface area contributed by atoms with Crippen LogP contribution < -0.4 is 0 Å². The maximum atomic E-state index is 2.39. The summed E-state index contributed by atoms with van der Waals surface area (Å²) >= 11 is 0. The van der Waals surface area contributed by atoms with E-state index in [0.29, 0.717) is 0 Å². The van der Waals surface area contributed by atoms with E-state index in [1.165, 1.54) is 47.9 Å². The number of aryl methyl sites for hydroxylation is 1. The zero-order valence-corrected chi connectivity index (χ0v) is 14.6. The normalized spacial score (nSPS) is 20.9. The van der Waals surface area contributed by atoms with Crippen LogP contribution in [0.25, 0.3) is 11.1 Å². The van der Waals surface area contributed by atoms with Gasteiger partial charge in [-0.2, -0.15) is 0 Å². The quantitative estimate of drug-likeness (QED) is 0.560. The molecule has 0 amide bonds. The summed E-state index contributed by atoms with van der Waals surface area (Å²) in [6, 6.07) is 18.1. The smallest absolute Gasteiger partial charge is 0.0162 e. The van der Waals surface area contributed by atoms with Gasteiger partial charge in [-0.25, -0.2) is 0 Å². The Balaban J connectivity index is 0.000000847. The first-order valence-corrected chi connectivity index (χ1v) is 8.89. The van der Waals surface area contributed by atoms with Crippen LogP contribution in [0.2, 0.25) is 0 Å². The van der Waals surface area contributed by atoms with Gasteiger partial charge in [0.05, 0.1) is 0 Å². The molecular weight excluding hydrogens is 264 g/mol. The Morgan fingerprint density at radius 1 is 0.682 bits per heavy atom. The van der Waals surface area contributed by atoms with E-state index in [2.05, 4.69) is 62.4 Å². The molecule has 22 heavy (non-hydrogen) atoms. The molecule has 1 fully saturated rings. The molecule has 118 valence electrons. The van der Waals surface area contributed by atoms with Crippen molar-refractivity contribution in [1.29, 1.82) is 0 Å². The largest absolute Gasteiger partial charge is 0.0683 e. The molecule has 0 unspecified atom stereocenters. The molecule has 0 nitrogen and oxygen atoms in total. The van der Waals surface area contributed by atoms with Crippen LogP contribution in [0, 0.1) is 12.8 Å². The Labute approximate surface area is 136 Å². The van der Waals surface area contributed by atoms with Crippen molar-refractivity contribution in [2.45, 2.75) is 59.3 Å². The Hall–Kier alpha value is -1.56. The van der Waals surface area contributed by atoms with Gasteiger partial charge in [0.1, 0.15) is 0 Å². The highest BCUT2D eigenvalue weighted by Gasteiger charge is 2.19. The Morgan fingerprint density at radius 3 is 1.64 bits per heavy atom. The van der Waals surface area contributed by atoms with E-state index in [9.17, 15) is 0 Å². The van der Waals surface area contributed by atoms with Gasteiger partial charge < -0.3 is 0 Å². The molecule has 0 heteroatoms. The van der Waals surface area contributed by atoms with Gasteiger partial charge in [-0.15, -0.1) is 0 Å². The average molecular weight is 294 g/mol. The highest BCUT2D eigenvalue weighted by atomic mass is 14.2. The second-order valence-corrected chi connectivity index (χ2v) is 6.44. The van der Waals surface area contributed by atoms with E-state index in [1.807, 2.05) is 13.8 Å².